The summed E-state index contributed by atoms with van der Waals surface area (Å²) in [6, 6.07) is 6.81. The molecule has 0 spiro atoms. The van der Waals surface area contributed by atoms with Crippen LogP contribution in [0, 0.1) is 0 Å². The van der Waals surface area contributed by atoms with Crippen molar-refractivity contribution in [2.75, 3.05) is 5.75 Å². The Labute approximate surface area is 150 Å². The van der Waals surface area contributed by atoms with Crippen LogP contribution in [0.1, 0.15) is 47.2 Å². The van der Waals surface area contributed by atoms with E-state index < -0.39 is 11.9 Å². The van der Waals surface area contributed by atoms with Crippen molar-refractivity contribution in [3.05, 3.63) is 53.1 Å². The molecular weight excluding hydrogens is 340 g/mol. The molecule has 0 unspecified atom stereocenters. The van der Waals surface area contributed by atoms with Gasteiger partial charge in [0.05, 0.1) is 11.3 Å². The quantitative estimate of drug-likeness (QED) is 0.674. The van der Waals surface area contributed by atoms with Crippen molar-refractivity contribution in [3.63, 3.8) is 0 Å². The summed E-state index contributed by atoms with van der Waals surface area (Å²) >= 11 is 1.34. The van der Waals surface area contributed by atoms with E-state index in [0.29, 0.717) is 12.3 Å². The molecule has 7 heteroatoms. The minimum Gasteiger partial charge on any atom is -0.481 e. The number of aromatic nitrogens is 2. The van der Waals surface area contributed by atoms with Crippen LogP contribution in [0.4, 0.5) is 0 Å². The van der Waals surface area contributed by atoms with E-state index in [1.54, 1.807) is 24.3 Å². The van der Waals surface area contributed by atoms with Gasteiger partial charge >= 0.3 is 11.9 Å². The maximum atomic E-state index is 11.0. The Hall–Kier alpha value is -2.28. The highest BCUT2D eigenvalue weighted by Crippen LogP contribution is 2.18. The molecule has 2 rings (SSSR count). The fourth-order valence-electron chi connectivity index (χ4n) is 2.47. The minimum atomic E-state index is -0.941. The van der Waals surface area contributed by atoms with E-state index in [-0.39, 0.29) is 11.3 Å². The summed E-state index contributed by atoms with van der Waals surface area (Å²) in [7, 11) is 0. The Balaban J connectivity index is 2.17. The van der Waals surface area contributed by atoms with Gasteiger partial charge < -0.3 is 14.8 Å². The minimum absolute atomic E-state index is 0.0583. The van der Waals surface area contributed by atoms with E-state index in [1.807, 2.05) is 6.20 Å². The molecule has 2 N–H and O–H groups in total. The molecule has 0 amide bonds. The first-order valence-electron chi connectivity index (χ1n) is 8.16. The molecule has 2 aromatic rings. The molecule has 1 aromatic heterocycles. The summed E-state index contributed by atoms with van der Waals surface area (Å²) in [5.41, 5.74) is 2.24. The van der Waals surface area contributed by atoms with Crippen LogP contribution in [0.25, 0.3) is 0 Å². The average molecular weight is 362 g/mol. The molecule has 0 saturated heterocycles. The maximum absolute atomic E-state index is 11.0. The number of rotatable bonds is 10. The van der Waals surface area contributed by atoms with E-state index in [9.17, 15) is 9.59 Å². The summed E-state index contributed by atoms with van der Waals surface area (Å²) in [6.07, 6.45) is 4.79. The van der Waals surface area contributed by atoms with E-state index in [4.69, 9.17) is 10.2 Å². The largest absolute Gasteiger partial charge is 0.481 e. The highest BCUT2D eigenvalue weighted by molar-refractivity contribution is 7.99. The van der Waals surface area contributed by atoms with Crippen molar-refractivity contribution >= 4 is 23.7 Å². The monoisotopic (exact) mass is 362 g/mol. The predicted molar refractivity (Wildman–Crippen MR) is 97.1 cm³/mol. The average Bonchev–Trinajstić information content (AvgIpc) is 2.95. The number of thioether (sulfide) groups is 1. The van der Waals surface area contributed by atoms with Gasteiger partial charge in [-0.2, -0.15) is 0 Å². The van der Waals surface area contributed by atoms with Gasteiger partial charge in [-0.15, -0.1) is 11.8 Å². The molecular formula is C18H22N2O4S. The number of benzene rings is 1. The first-order chi connectivity index (χ1) is 12.0. The van der Waals surface area contributed by atoms with Crippen molar-refractivity contribution < 1.29 is 19.8 Å². The van der Waals surface area contributed by atoms with Gasteiger partial charge in [-0.1, -0.05) is 25.5 Å². The molecule has 0 radical (unpaired) electrons. The molecule has 0 fully saturated rings. The standard InChI is InChI=1S/C18H22N2O4S/c1-2-3-4-16-19-9-15(11-25-12-17(21)22)20(16)10-13-5-7-14(8-6-13)18(23)24/h5-9H,2-4,10-12H2,1H3,(H,21,22)(H,23,24). The molecule has 0 saturated carbocycles. The first-order valence-corrected chi connectivity index (χ1v) is 9.31. The van der Waals surface area contributed by atoms with Gasteiger partial charge in [-0.05, 0) is 24.1 Å². The van der Waals surface area contributed by atoms with Crippen molar-refractivity contribution in [3.8, 4) is 0 Å². The van der Waals surface area contributed by atoms with Crippen LogP contribution in [-0.2, 0) is 23.5 Å². The lowest BCUT2D eigenvalue weighted by molar-refractivity contribution is -0.133. The Morgan fingerprint density at radius 3 is 2.52 bits per heavy atom. The number of carboxylic acids is 2. The number of aryl methyl sites for hydroxylation is 1. The molecule has 1 aromatic carbocycles. The molecule has 0 bridgehead atoms. The van der Waals surface area contributed by atoms with Gasteiger partial charge in [-0.3, -0.25) is 4.79 Å². The Kier molecular flexibility index (Phi) is 7.06. The van der Waals surface area contributed by atoms with Crippen LogP contribution >= 0.6 is 11.8 Å². The normalized spacial score (nSPS) is 10.8. The fourth-order valence-corrected chi connectivity index (χ4v) is 3.19. The predicted octanol–water partition coefficient (Wildman–Crippen LogP) is 3.29. The molecule has 25 heavy (non-hydrogen) atoms. The molecule has 134 valence electrons. The zero-order valence-corrected chi connectivity index (χ0v) is 15.0. The molecule has 0 aliphatic rings. The third-order valence-corrected chi connectivity index (χ3v) is 4.74. The van der Waals surface area contributed by atoms with Crippen LogP contribution in [0.15, 0.2) is 30.5 Å². The summed E-state index contributed by atoms with van der Waals surface area (Å²) in [6.45, 7) is 2.73. The third kappa shape index (κ3) is 5.63. The highest BCUT2D eigenvalue weighted by Gasteiger charge is 2.12. The maximum Gasteiger partial charge on any atom is 0.335 e. The Morgan fingerprint density at radius 1 is 1.20 bits per heavy atom. The number of carbonyl (C=O) groups is 2. The Bertz CT molecular complexity index is 725. The summed E-state index contributed by atoms with van der Waals surface area (Å²) in [5.74, 6) is -0.147. The lowest BCUT2D eigenvalue weighted by Gasteiger charge is -2.12. The number of aromatic carboxylic acids is 1. The van der Waals surface area contributed by atoms with Gasteiger partial charge in [-0.25, -0.2) is 9.78 Å². The van der Waals surface area contributed by atoms with Crippen molar-refractivity contribution in [2.24, 2.45) is 0 Å². The third-order valence-electron chi connectivity index (χ3n) is 3.79. The second kappa shape index (κ2) is 9.27. The summed E-state index contributed by atoms with van der Waals surface area (Å²) in [4.78, 5) is 26.2. The topological polar surface area (TPSA) is 92.4 Å². The molecule has 0 aliphatic heterocycles. The van der Waals surface area contributed by atoms with Crippen LogP contribution in [0.5, 0.6) is 0 Å². The fraction of sp³-hybridized carbons (Fsp3) is 0.389. The van der Waals surface area contributed by atoms with E-state index in [1.165, 1.54) is 11.8 Å². The number of hydrogen-bond donors (Lipinski definition) is 2. The van der Waals surface area contributed by atoms with Crippen LogP contribution in [0.2, 0.25) is 0 Å². The van der Waals surface area contributed by atoms with Gasteiger partial charge in [0.1, 0.15) is 5.82 Å². The van der Waals surface area contributed by atoms with E-state index in [2.05, 4.69) is 16.5 Å². The second-order valence-electron chi connectivity index (χ2n) is 5.74. The van der Waals surface area contributed by atoms with Gasteiger partial charge in [0.15, 0.2) is 0 Å². The number of aliphatic carboxylic acids is 1. The molecule has 0 aliphatic carbocycles. The molecule has 1 heterocycles. The number of unbranched alkanes of at least 4 members (excludes halogenated alkanes) is 1. The number of carboxylic acid groups (broad SMARTS) is 2. The Morgan fingerprint density at radius 2 is 1.92 bits per heavy atom. The number of nitrogens with zero attached hydrogens (tertiary/aromatic N) is 2. The van der Waals surface area contributed by atoms with Gasteiger partial charge in [0.2, 0.25) is 0 Å². The van der Waals surface area contributed by atoms with Crippen LogP contribution in [0.3, 0.4) is 0 Å². The smallest absolute Gasteiger partial charge is 0.335 e. The zero-order valence-electron chi connectivity index (χ0n) is 14.1. The van der Waals surface area contributed by atoms with E-state index >= 15 is 0 Å². The first kappa shape index (κ1) is 19.1. The highest BCUT2D eigenvalue weighted by atomic mass is 32.2. The lowest BCUT2D eigenvalue weighted by atomic mass is 10.1. The van der Waals surface area contributed by atoms with Crippen molar-refractivity contribution in [1.82, 2.24) is 9.55 Å². The summed E-state index contributed by atoms with van der Waals surface area (Å²) in [5, 5.41) is 17.8. The van der Waals surface area contributed by atoms with Crippen LogP contribution < -0.4 is 0 Å². The second-order valence-corrected chi connectivity index (χ2v) is 6.73. The van der Waals surface area contributed by atoms with E-state index in [0.717, 1.165) is 36.3 Å². The zero-order chi connectivity index (χ0) is 18.2. The van der Waals surface area contributed by atoms with Crippen molar-refractivity contribution in [1.29, 1.82) is 0 Å². The van der Waals surface area contributed by atoms with Crippen molar-refractivity contribution in [2.45, 2.75) is 38.5 Å². The molecule has 0 atom stereocenters. The van der Waals surface area contributed by atoms with Gasteiger partial charge in [0, 0.05) is 30.6 Å². The SMILES string of the molecule is CCCCc1ncc(CSCC(=O)O)n1Cc1ccc(C(=O)O)cc1. The number of imidazole rings is 1. The number of hydrogen-bond acceptors (Lipinski definition) is 4. The lowest BCUT2D eigenvalue weighted by Crippen LogP contribution is -2.09. The molecule has 6 nitrogen and oxygen atoms in total. The summed E-state index contributed by atoms with van der Waals surface area (Å²) < 4.78 is 2.11. The van der Waals surface area contributed by atoms with Crippen LogP contribution in [-0.4, -0.2) is 37.5 Å². The van der Waals surface area contributed by atoms with Gasteiger partial charge in [0.25, 0.3) is 0 Å².